The Morgan fingerprint density at radius 3 is 2.61 bits per heavy atom. The molecule has 0 spiro atoms. The van der Waals surface area contributed by atoms with Crippen molar-refractivity contribution < 1.29 is 19.0 Å². The zero-order valence-corrected chi connectivity index (χ0v) is 24.1. The molecule has 198 valence electrons. The van der Waals surface area contributed by atoms with E-state index in [2.05, 4.69) is 27.5 Å². The Morgan fingerprint density at radius 2 is 1.97 bits per heavy atom. The Kier molecular flexibility index (Phi) is 8.69. The van der Waals surface area contributed by atoms with Crippen molar-refractivity contribution in [1.29, 1.82) is 0 Å². The van der Waals surface area contributed by atoms with Crippen LogP contribution in [0.1, 0.15) is 44.9 Å². The molecule has 0 unspecified atom stereocenters. The van der Waals surface area contributed by atoms with E-state index in [0.717, 1.165) is 15.6 Å². The zero-order valence-electron chi connectivity index (χ0n) is 21.7. The first-order valence-corrected chi connectivity index (χ1v) is 13.8. The molecule has 0 N–H and O–H groups in total. The number of aromatic nitrogens is 1. The van der Waals surface area contributed by atoms with E-state index in [4.69, 9.17) is 14.2 Å². The number of hydrogen-bond donors (Lipinski definition) is 0. The minimum atomic E-state index is -0.679. The average Bonchev–Trinajstić information content (AvgIpc) is 3.17. The molecule has 2 heterocycles. The first-order chi connectivity index (χ1) is 18.2. The van der Waals surface area contributed by atoms with E-state index < -0.39 is 12.0 Å². The minimum Gasteiger partial charge on any atom is -0.491 e. The maximum absolute atomic E-state index is 13.8. The van der Waals surface area contributed by atoms with Crippen LogP contribution in [0.4, 0.5) is 0 Å². The van der Waals surface area contributed by atoms with Gasteiger partial charge in [-0.2, -0.15) is 0 Å². The Bertz CT molecular complexity index is 1570. The fourth-order valence-electron chi connectivity index (χ4n) is 4.13. The van der Waals surface area contributed by atoms with Crippen LogP contribution in [0.3, 0.4) is 0 Å². The largest absolute Gasteiger partial charge is 0.491 e. The molecule has 7 nitrogen and oxygen atoms in total. The second kappa shape index (κ2) is 12.0. The summed E-state index contributed by atoms with van der Waals surface area (Å²) in [5, 5.41) is 0. The van der Waals surface area contributed by atoms with Crippen LogP contribution in [0, 0.1) is 0 Å². The smallest absolute Gasteiger partial charge is 0.338 e. The number of fused-ring (bicyclic) bond motifs is 1. The second-order valence-electron chi connectivity index (χ2n) is 8.83. The molecule has 0 fully saturated rings. The predicted octanol–water partition coefficient (Wildman–Crippen LogP) is 4.91. The fourth-order valence-corrected chi connectivity index (χ4v) is 5.69. The average molecular weight is 598 g/mol. The third kappa shape index (κ3) is 5.84. The predicted molar refractivity (Wildman–Crippen MR) is 152 cm³/mol. The Labute approximate surface area is 233 Å². The van der Waals surface area contributed by atoms with E-state index in [1.165, 1.54) is 11.3 Å². The fraction of sp³-hybridized carbons (Fsp3) is 0.276. The van der Waals surface area contributed by atoms with Gasteiger partial charge in [0.05, 0.1) is 39.0 Å². The first kappa shape index (κ1) is 27.6. The summed E-state index contributed by atoms with van der Waals surface area (Å²) < 4.78 is 19.6. The van der Waals surface area contributed by atoms with Gasteiger partial charge in [-0.25, -0.2) is 9.79 Å². The molecule has 1 atom stereocenters. The number of hydrogen-bond acceptors (Lipinski definition) is 7. The number of halogens is 1. The molecule has 9 heteroatoms. The Balaban J connectivity index is 1.84. The van der Waals surface area contributed by atoms with Crippen molar-refractivity contribution in [3.8, 4) is 11.5 Å². The molecule has 0 saturated carbocycles. The number of rotatable bonds is 9. The quantitative estimate of drug-likeness (QED) is 0.259. The molecule has 1 aromatic heterocycles. The third-order valence-electron chi connectivity index (χ3n) is 5.70. The Morgan fingerprint density at radius 1 is 1.24 bits per heavy atom. The highest BCUT2D eigenvalue weighted by molar-refractivity contribution is 9.10. The van der Waals surface area contributed by atoms with E-state index in [-0.39, 0.29) is 18.3 Å². The highest BCUT2D eigenvalue weighted by Crippen LogP contribution is 2.32. The van der Waals surface area contributed by atoms with Gasteiger partial charge in [-0.05, 0) is 85.1 Å². The molecule has 2 aromatic carbocycles. The molecule has 0 saturated heterocycles. The van der Waals surface area contributed by atoms with Gasteiger partial charge in [0.2, 0.25) is 0 Å². The number of carbonyl (C=O) groups excluding carboxylic acids is 1. The van der Waals surface area contributed by atoms with Gasteiger partial charge < -0.3 is 14.2 Å². The maximum Gasteiger partial charge on any atom is 0.338 e. The van der Waals surface area contributed by atoms with Crippen molar-refractivity contribution in [1.82, 2.24) is 4.57 Å². The summed E-state index contributed by atoms with van der Waals surface area (Å²) >= 11 is 4.81. The van der Waals surface area contributed by atoms with Gasteiger partial charge in [-0.3, -0.25) is 9.36 Å². The number of benzene rings is 2. The normalized spacial score (nSPS) is 15.2. The van der Waals surface area contributed by atoms with Gasteiger partial charge >= 0.3 is 5.97 Å². The number of esters is 1. The number of nitrogens with zero attached hydrogens (tertiary/aromatic N) is 2. The Hall–Kier alpha value is -3.43. The van der Waals surface area contributed by atoms with Crippen molar-refractivity contribution in [2.24, 2.45) is 4.99 Å². The highest BCUT2D eigenvalue weighted by atomic mass is 79.9. The number of ether oxygens (including phenoxy) is 3. The van der Waals surface area contributed by atoms with Crippen LogP contribution in [-0.2, 0) is 9.53 Å². The summed E-state index contributed by atoms with van der Waals surface area (Å²) in [6, 6.07) is 12.4. The van der Waals surface area contributed by atoms with Gasteiger partial charge in [-0.15, -0.1) is 0 Å². The van der Waals surface area contributed by atoms with Gasteiger partial charge in [0.15, 0.2) is 4.80 Å². The minimum absolute atomic E-state index is 0.0263. The van der Waals surface area contributed by atoms with E-state index in [0.29, 0.717) is 38.7 Å². The summed E-state index contributed by atoms with van der Waals surface area (Å²) in [6.45, 7) is 11.7. The van der Waals surface area contributed by atoms with Crippen molar-refractivity contribution in [2.45, 2.75) is 39.8 Å². The number of allylic oxidation sites excluding steroid dienone is 1. The lowest BCUT2D eigenvalue weighted by molar-refractivity contribution is -0.139. The standard InChI is InChI=1S/C29H29BrN2O5S/c1-6-14-36-23-13-8-19(15-22(23)30)16-24-27(33)32-26(20-9-11-21(12-10-20)37-17(3)4)25(28(34)35-7-2)18(5)31-29(32)38-24/h6,8-13,15-17,26H,1,7,14H2,2-5H3/b24-16-/t26-/m1/s1. The van der Waals surface area contributed by atoms with E-state index in [1.54, 1.807) is 24.5 Å². The summed E-state index contributed by atoms with van der Waals surface area (Å²) in [5.41, 5.74) is 2.21. The molecular weight excluding hydrogens is 568 g/mol. The van der Waals surface area contributed by atoms with E-state index in [9.17, 15) is 9.59 Å². The molecule has 38 heavy (non-hydrogen) atoms. The summed E-state index contributed by atoms with van der Waals surface area (Å²) in [5.74, 6) is 0.901. The van der Waals surface area contributed by atoms with Crippen LogP contribution in [0.25, 0.3) is 6.08 Å². The zero-order chi connectivity index (χ0) is 27.4. The van der Waals surface area contributed by atoms with Crippen molar-refractivity contribution in [2.75, 3.05) is 13.2 Å². The van der Waals surface area contributed by atoms with Gasteiger partial charge in [0.25, 0.3) is 5.56 Å². The molecule has 0 radical (unpaired) electrons. The van der Waals surface area contributed by atoms with Crippen LogP contribution in [0.5, 0.6) is 11.5 Å². The lowest BCUT2D eigenvalue weighted by Crippen LogP contribution is -2.39. The van der Waals surface area contributed by atoms with Crippen LogP contribution < -0.4 is 24.4 Å². The summed E-state index contributed by atoms with van der Waals surface area (Å²) in [6.07, 6.45) is 3.51. The van der Waals surface area contributed by atoms with Gasteiger partial charge in [0.1, 0.15) is 18.1 Å². The monoisotopic (exact) mass is 596 g/mol. The van der Waals surface area contributed by atoms with Crippen molar-refractivity contribution >= 4 is 39.3 Å². The van der Waals surface area contributed by atoms with Gasteiger partial charge in [0, 0.05) is 0 Å². The van der Waals surface area contributed by atoms with Crippen LogP contribution in [-0.4, -0.2) is 29.9 Å². The van der Waals surface area contributed by atoms with Crippen LogP contribution in [0.2, 0.25) is 0 Å². The molecule has 1 aliphatic heterocycles. The topological polar surface area (TPSA) is 79.1 Å². The third-order valence-corrected chi connectivity index (χ3v) is 7.30. The van der Waals surface area contributed by atoms with E-state index >= 15 is 0 Å². The summed E-state index contributed by atoms with van der Waals surface area (Å²) in [4.78, 5) is 32.0. The van der Waals surface area contributed by atoms with Crippen LogP contribution in [0.15, 0.2) is 80.6 Å². The molecule has 0 amide bonds. The molecule has 0 aliphatic carbocycles. The van der Waals surface area contributed by atoms with Crippen molar-refractivity contribution in [3.05, 3.63) is 102 Å². The highest BCUT2D eigenvalue weighted by Gasteiger charge is 2.33. The van der Waals surface area contributed by atoms with Crippen molar-refractivity contribution in [3.63, 3.8) is 0 Å². The summed E-state index contributed by atoms with van der Waals surface area (Å²) in [7, 11) is 0. The lowest BCUT2D eigenvalue weighted by atomic mass is 9.96. The molecule has 0 bridgehead atoms. The molecule has 4 rings (SSSR count). The molecular formula is C29H29BrN2O5S. The van der Waals surface area contributed by atoms with E-state index in [1.807, 2.05) is 62.4 Å². The lowest BCUT2D eigenvalue weighted by Gasteiger charge is -2.25. The van der Waals surface area contributed by atoms with Crippen LogP contribution >= 0.6 is 27.3 Å². The number of carbonyl (C=O) groups is 1. The molecule has 3 aromatic rings. The second-order valence-corrected chi connectivity index (χ2v) is 10.7. The number of thiazole rings is 1. The van der Waals surface area contributed by atoms with Gasteiger partial charge in [-0.1, -0.05) is 42.2 Å². The SMILES string of the molecule is C=CCOc1ccc(/C=c2\sc3n(c2=O)[C@H](c2ccc(OC(C)C)cc2)C(C(=O)OCC)=C(C)N=3)cc1Br. The molecule has 1 aliphatic rings. The first-order valence-electron chi connectivity index (χ1n) is 12.2. The maximum atomic E-state index is 13.8.